The maximum Gasteiger partial charge on any atom is 0.191 e. The average Bonchev–Trinajstić information content (AvgIpc) is 3.15. The summed E-state index contributed by atoms with van der Waals surface area (Å²) >= 11 is 5.92. The van der Waals surface area contributed by atoms with Crippen LogP contribution in [0, 0.1) is 0 Å². The van der Waals surface area contributed by atoms with E-state index in [4.69, 9.17) is 11.6 Å². The SMILES string of the molecule is CCNC(=NCc1ccc(Cl)cc1)NCc1ncc(-c2ccccc2)[nH]1. The zero-order valence-corrected chi connectivity index (χ0v) is 15.4. The third-order valence-electron chi connectivity index (χ3n) is 3.81. The molecular weight excluding hydrogens is 346 g/mol. The van der Waals surface area contributed by atoms with Crippen LogP contribution in [-0.2, 0) is 13.1 Å². The van der Waals surface area contributed by atoms with Crippen molar-refractivity contribution in [3.63, 3.8) is 0 Å². The summed E-state index contributed by atoms with van der Waals surface area (Å²) in [6.07, 6.45) is 1.85. The van der Waals surface area contributed by atoms with E-state index in [-0.39, 0.29) is 0 Å². The van der Waals surface area contributed by atoms with E-state index in [1.54, 1.807) is 0 Å². The van der Waals surface area contributed by atoms with Gasteiger partial charge in [-0.25, -0.2) is 9.98 Å². The molecule has 3 aromatic rings. The Kier molecular flexibility index (Phi) is 6.28. The molecule has 0 atom stereocenters. The molecule has 0 bridgehead atoms. The molecule has 0 amide bonds. The van der Waals surface area contributed by atoms with Crippen molar-refractivity contribution in [2.24, 2.45) is 4.99 Å². The van der Waals surface area contributed by atoms with Crippen molar-refractivity contribution >= 4 is 17.6 Å². The van der Waals surface area contributed by atoms with Crippen LogP contribution in [0.2, 0.25) is 5.02 Å². The van der Waals surface area contributed by atoms with Crippen LogP contribution < -0.4 is 10.6 Å². The number of guanidine groups is 1. The number of aromatic nitrogens is 2. The number of nitrogens with zero attached hydrogens (tertiary/aromatic N) is 2. The highest BCUT2D eigenvalue weighted by atomic mass is 35.5. The van der Waals surface area contributed by atoms with E-state index < -0.39 is 0 Å². The predicted octanol–water partition coefficient (Wildman–Crippen LogP) is 3.99. The molecule has 3 rings (SSSR count). The van der Waals surface area contributed by atoms with Crippen molar-refractivity contribution in [3.05, 3.63) is 77.2 Å². The minimum Gasteiger partial charge on any atom is -0.357 e. The Bertz CT molecular complexity index is 840. The normalized spacial score (nSPS) is 11.4. The van der Waals surface area contributed by atoms with Gasteiger partial charge in [-0.3, -0.25) is 0 Å². The van der Waals surface area contributed by atoms with Gasteiger partial charge >= 0.3 is 0 Å². The van der Waals surface area contributed by atoms with E-state index >= 15 is 0 Å². The summed E-state index contributed by atoms with van der Waals surface area (Å²) in [5.74, 6) is 1.61. The molecule has 1 aromatic heterocycles. The fourth-order valence-electron chi connectivity index (χ4n) is 2.49. The zero-order chi connectivity index (χ0) is 18.2. The number of benzene rings is 2. The molecule has 0 radical (unpaired) electrons. The Labute approximate surface area is 158 Å². The lowest BCUT2D eigenvalue weighted by atomic mass is 10.2. The summed E-state index contributed by atoms with van der Waals surface area (Å²) in [4.78, 5) is 12.4. The molecule has 0 spiro atoms. The number of H-pyrrole nitrogens is 1. The van der Waals surface area contributed by atoms with E-state index in [2.05, 4.69) is 37.7 Å². The fourth-order valence-corrected chi connectivity index (χ4v) is 2.61. The summed E-state index contributed by atoms with van der Waals surface area (Å²) in [5.41, 5.74) is 3.23. The van der Waals surface area contributed by atoms with Crippen LogP contribution in [0.5, 0.6) is 0 Å². The lowest BCUT2D eigenvalue weighted by Crippen LogP contribution is -2.37. The Balaban J connectivity index is 1.61. The predicted molar refractivity (Wildman–Crippen MR) is 107 cm³/mol. The fraction of sp³-hybridized carbons (Fsp3) is 0.200. The molecule has 0 aliphatic carbocycles. The third-order valence-corrected chi connectivity index (χ3v) is 4.07. The molecule has 3 N–H and O–H groups in total. The van der Waals surface area contributed by atoms with Gasteiger partial charge in [0.25, 0.3) is 0 Å². The van der Waals surface area contributed by atoms with Crippen LogP contribution in [0.3, 0.4) is 0 Å². The Morgan fingerprint density at radius 3 is 2.58 bits per heavy atom. The molecule has 0 aliphatic rings. The van der Waals surface area contributed by atoms with Crippen LogP contribution in [0.15, 0.2) is 65.8 Å². The van der Waals surface area contributed by atoms with E-state index in [0.717, 1.165) is 40.2 Å². The largest absolute Gasteiger partial charge is 0.357 e. The van der Waals surface area contributed by atoms with E-state index in [1.165, 1.54) is 0 Å². The molecule has 0 fully saturated rings. The molecule has 26 heavy (non-hydrogen) atoms. The van der Waals surface area contributed by atoms with Gasteiger partial charge in [0.2, 0.25) is 0 Å². The molecule has 0 saturated heterocycles. The minimum atomic E-state index is 0.569. The summed E-state index contributed by atoms with van der Waals surface area (Å²) in [5, 5.41) is 7.28. The van der Waals surface area contributed by atoms with Crippen LogP contribution in [0.1, 0.15) is 18.3 Å². The summed E-state index contributed by atoms with van der Waals surface area (Å²) < 4.78 is 0. The lowest BCUT2D eigenvalue weighted by molar-refractivity contribution is 0.786. The Morgan fingerprint density at radius 1 is 1.08 bits per heavy atom. The highest BCUT2D eigenvalue weighted by Gasteiger charge is 2.04. The number of rotatable bonds is 6. The second kappa shape index (κ2) is 9.06. The number of aliphatic imine (C=N–C) groups is 1. The van der Waals surface area contributed by atoms with E-state index in [9.17, 15) is 0 Å². The molecule has 0 saturated carbocycles. The summed E-state index contributed by atoms with van der Waals surface area (Å²) in [6.45, 7) is 3.99. The molecule has 134 valence electrons. The molecule has 0 aliphatic heterocycles. The highest BCUT2D eigenvalue weighted by Crippen LogP contribution is 2.15. The van der Waals surface area contributed by atoms with Gasteiger partial charge in [-0.15, -0.1) is 0 Å². The van der Waals surface area contributed by atoms with Crippen LogP contribution in [0.4, 0.5) is 0 Å². The number of halogens is 1. The Hall–Kier alpha value is -2.79. The first kappa shape index (κ1) is 18.0. The molecular formula is C20H22ClN5. The van der Waals surface area contributed by atoms with Gasteiger partial charge in [-0.2, -0.15) is 0 Å². The molecule has 1 heterocycles. The summed E-state index contributed by atoms with van der Waals surface area (Å²) in [6, 6.07) is 17.9. The van der Waals surface area contributed by atoms with Crippen molar-refractivity contribution in [2.75, 3.05) is 6.54 Å². The van der Waals surface area contributed by atoms with Gasteiger partial charge < -0.3 is 15.6 Å². The first-order chi connectivity index (χ1) is 12.7. The second-order valence-corrected chi connectivity index (χ2v) is 6.22. The molecule has 6 heteroatoms. The van der Waals surface area contributed by atoms with Gasteiger partial charge in [0, 0.05) is 11.6 Å². The number of hydrogen-bond donors (Lipinski definition) is 3. The monoisotopic (exact) mass is 367 g/mol. The second-order valence-electron chi connectivity index (χ2n) is 5.78. The van der Waals surface area contributed by atoms with Crippen molar-refractivity contribution in [1.82, 2.24) is 20.6 Å². The van der Waals surface area contributed by atoms with E-state index in [0.29, 0.717) is 13.1 Å². The maximum absolute atomic E-state index is 5.92. The number of aromatic amines is 1. The first-order valence-corrected chi connectivity index (χ1v) is 8.98. The van der Waals surface area contributed by atoms with Crippen LogP contribution >= 0.6 is 11.6 Å². The standard InChI is InChI=1S/C20H22ClN5/c1-2-22-20(24-12-15-8-10-17(21)11-9-15)25-14-19-23-13-18(26-19)16-6-4-3-5-7-16/h3-11,13H,2,12,14H2,1H3,(H,23,26)(H2,22,24,25). The van der Waals surface area contributed by atoms with Gasteiger partial charge in [-0.05, 0) is 30.2 Å². The highest BCUT2D eigenvalue weighted by molar-refractivity contribution is 6.30. The number of hydrogen-bond acceptors (Lipinski definition) is 2. The van der Waals surface area contributed by atoms with Crippen LogP contribution in [0.25, 0.3) is 11.3 Å². The van der Waals surface area contributed by atoms with Gasteiger partial charge in [0.15, 0.2) is 5.96 Å². The average molecular weight is 368 g/mol. The van der Waals surface area contributed by atoms with Crippen molar-refractivity contribution in [1.29, 1.82) is 0 Å². The topological polar surface area (TPSA) is 65.1 Å². The van der Waals surface area contributed by atoms with Crippen LogP contribution in [-0.4, -0.2) is 22.5 Å². The Morgan fingerprint density at radius 2 is 1.85 bits per heavy atom. The van der Waals surface area contributed by atoms with Gasteiger partial charge in [0.05, 0.1) is 25.0 Å². The van der Waals surface area contributed by atoms with Gasteiger partial charge in [0.1, 0.15) is 5.82 Å². The quantitative estimate of drug-likeness (QED) is 0.456. The molecule has 0 unspecified atom stereocenters. The van der Waals surface area contributed by atoms with Crippen molar-refractivity contribution in [2.45, 2.75) is 20.0 Å². The van der Waals surface area contributed by atoms with Crippen molar-refractivity contribution in [3.8, 4) is 11.3 Å². The zero-order valence-electron chi connectivity index (χ0n) is 14.7. The minimum absolute atomic E-state index is 0.569. The number of imidazole rings is 1. The number of nitrogens with one attached hydrogen (secondary N) is 3. The lowest BCUT2D eigenvalue weighted by Gasteiger charge is -2.10. The van der Waals surface area contributed by atoms with Crippen molar-refractivity contribution < 1.29 is 0 Å². The summed E-state index contributed by atoms with van der Waals surface area (Å²) in [7, 11) is 0. The third kappa shape index (κ3) is 5.10. The van der Waals surface area contributed by atoms with E-state index in [1.807, 2.05) is 55.6 Å². The molecule has 2 aromatic carbocycles. The first-order valence-electron chi connectivity index (χ1n) is 8.60. The smallest absolute Gasteiger partial charge is 0.191 e. The van der Waals surface area contributed by atoms with Gasteiger partial charge in [-0.1, -0.05) is 54.1 Å². The molecule has 5 nitrogen and oxygen atoms in total. The maximum atomic E-state index is 5.92.